The quantitative estimate of drug-likeness (QED) is 0.394. The summed E-state index contributed by atoms with van der Waals surface area (Å²) in [6.07, 6.45) is 1.59. The highest BCUT2D eigenvalue weighted by atomic mass is 35.5. The summed E-state index contributed by atoms with van der Waals surface area (Å²) in [5.74, 6) is -0.690. The molecule has 34 heavy (non-hydrogen) atoms. The van der Waals surface area contributed by atoms with E-state index >= 15 is 0 Å². The van der Waals surface area contributed by atoms with Crippen LogP contribution in [0.3, 0.4) is 0 Å². The molecule has 1 N–H and O–H groups in total. The maximum atomic E-state index is 14.4. The third-order valence-electron chi connectivity index (χ3n) is 5.76. The lowest BCUT2D eigenvalue weighted by Gasteiger charge is -2.10. The fourth-order valence-electron chi connectivity index (χ4n) is 4.06. The Morgan fingerprint density at radius 2 is 1.71 bits per heavy atom. The monoisotopic (exact) mass is 474 g/mol. The van der Waals surface area contributed by atoms with E-state index in [-0.39, 0.29) is 24.8 Å². The van der Waals surface area contributed by atoms with Gasteiger partial charge < -0.3 is 9.88 Å². The second-order valence-corrected chi connectivity index (χ2v) is 8.40. The van der Waals surface area contributed by atoms with Crippen molar-refractivity contribution in [1.29, 1.82) is 0 Å². The smallest absolute Gasteiger partial charge is 0.291 e. The molecule has 0 aliphatic carbocycles. The molecular weight excluding hydrogens is 455 g/mol. The van der Waals surface area contributed by atoms with Crippen LogP contribution in [-0.4, -0.2) is 20.3 Å². The number of rotatable bonds is 6. The first kappa shape index (κ1) is 21.9. The van der Waals surface area contributed by atoms with Crippen molar-refractivity contribution >= 4 is 39.3 Å². The standard InChI is InChI=1S/C26H20ClFN4O2/c27-19-11-9-17(10-12-19)13-29-24(33)16-32-26(34)25-21(14-30-32)20-6-2-4-8-23(20)31(25)15-18-5-1-3-7-22(18)28/h1-12,14H,13,15-16H2,(H,29,33). The number of hydrogen-bond acceptors (Lipinski definition) is 3. The molecule has 0 fully saturated rings. The van der Waals surface area contributed by atoms with Crippen molar-refractivity contribution in [2.45, 2.75) is 19.6 Å². The average Bonchev–Trinajstić information content (AvgIpc) is 3.16. The van der Waals surface area contributed by atoms with Crippen molar-refractivity contribution in [2.75, 3.05) is 0 Å². The summed E-state index contributed by atoms with van der Waals surface area (Å²) in [6.45, 7) is 0.253. The molecule has 0 radical (unpaired) electrons. The Morgan fingerprint density at radius 1 is 0.971 bits per heavy atom. The highest BCUT2D eigenvalue weighted by Crippen LogP contribution is 2.27. The van der Waals surface area contributed by atoms with Crippen LogP contribution in [0.15, 0.2) is 83.8 Å². The van der Waals surface area contributed by atoms with Crippen molar-refractivity contribution in [3.63, 3.8) is 0 Å². The van der Waals surface area contributed by atoms with Crippen molar-refractivity contribution in [2.24, 2.45) is 0 Å². The SMILES string of the molecule is O=C(Cn1ncc2c3ccccc3n(Cc3ccccc3F)c2c1=O)NCc1ccc(Cl)cc1. The molecular formula is C26H20ClFN4O2. The largest absolute Gasteiger partial charge is 0.350 e. The third-order valence-corrected chi connectivity index (χ3v) is 6.01. The average molecular weight is 475 g/mol. The van der Waals surface area contributed by atoms with Crippen LogP contribution < -0.4 is 10.9 Å². The number of halogens is 2. The van der Waals surface area contributed by atoms with Gasteiger partial charge in [-0.2, -0.15) is 5.10 Å². The van der Waals surface area contributed by atoms with Gasteiger partial charge in [0.15, 0.2) is 0 Å². The summed E-state index contributed by atoms with van der Waals surface area (Å²) < 4.78 is 17.3. The second kappa shape index (κ2) is 9.11. The Balaban J connectivity index is 1.49. The van der Waals surface area contributed by atoms with Crippen LogP contribution in [0.5, 0.6) is 0 Å². The molecule has 2 aromatic heterocycles. The van der Waals surface area contributed by atoms with E-state index in [1.54, 1.807) is 41.1 Å². The minimum atomic E-state index is -0.410. The molecule has 5 rings (SSSR count). The first-order valence-corrected chi connectivity index (χ1v) is 11.1. The fourth-order valence-corrected chi connectivity index (χ4v) is 4.19. The molecule has 3 aromatic carbocycles. The van der Waals surface area contributed by atoms with Gasteiger partial charge in [-0.05, 0) is 29.8 Å². The molecule has 2 heterocycles. The van der Waals surface area contributed by atoms with Gasteiger partial charge in [0, 0.05) is 33.4 Å². The normalized spacial score (nSPS) is 11.2. The van der Waals surface area contributed by atoms with Crippen LogP contribution in [0.4, 0.5) is 4.39 Å². The Hall–Kier alpha value is -3.97. The molecule has 1 amide bonds. The van der Waals surface area contributed by atoms with E-state index in [4.69, 9.17) is 11.6 Å². The molecule has 6 nitrogen and oxygen atoms in total. The zero-order chi connectivity index (χ0) is 23.7. The fraction of sp³-hybridized carbons (Fsp3) is 0.115. The lowest BCUT2D eigenvalue weighted by atomic mass is 10.2. The van der Waals surface area contributed by atoms with Gasteiger partial charge >= 0.3 is 0 Å². The van der Waals surface area contributed by atoms with Crippen LogP contribution in [0.25, 0.3) is 21.8 Å². The summed E-state index contributed by atoms with van der Waals surface area (Å²) in [7, 11) is 0. The van der Waals surface area contributed by atoms with Crippen LogP contribution in [0.1, 0.15) is 11.1 Å². The van der Waals surface area contributed by atoms with Gasteiger partial charge in [-0.15, -0.1) is 0 Å². The molecule has 0 aliphatic heterocycles. The zero-order valence-corrected chi connectivity index (χ0v) is 18.8. The summed E-state index contributed by atoms with van der Waals surface area (Å²) >= 11 is 5.89. The molecule has 8 heteroatoms. The van der Waals surface area contributed by atoms with E-state index in [0.717, 1.165) is 21.1 Å². The maximum absolute atomic E-state index is 14.4. The summed E-state index contributed by atoms with van der Waals surface area (Å²) in [6, 6.07) is 21.2. The van der Waals surface area contributed by atoms with Crippen LogP contribution in [0.2, 0.25) is 5.02 Å². The predicted molar refractivity (Wildman–Crippen MR) is 130 cm³/mol. The van der Waals surface area contributed by atoms with Gasteiger partial charge in [-0.1, -0.05) is 60.1 Å². The third kappa shape index (κ3) is 4.18. The van der Waals surface area contributed by atoms with Gasteiger partial charge in [-0.3, -0.25) is 9.59 Å². The number of para-hydroxylation sites is 1. The highest BCUT2D eigenvalue weighted by molar-refractivity contribution is 6.30. The Kier molecular flexibility index (Phi) is 5.86. The van der Waals surface area contributed by atoms with E-state index in [1.165, 1.54) is 6.07 Å². The number of benzene rings is 3. The summed E-state index contributed by atoms with van der Waals surface area (Å²) in [5.41, 5.74) is 2.12. The number of carbonyl (C=O) groups excluding carboxylic acids is 1. The van der Waals surface area contributed by atoms with Crippen molar-refractivity contribution < 1.29 is 9.18 Å². The van der Waals surface area contributed by atoms with Gasteiger partial charge in [-0.25, -0.2) is 9.07 Å². The van der Waals surface area contributed by atoms with Crippen molar-refractivity contribution in [3.05, 3.63) is 111 Å². The molecule has 0 saturated heterocycles. The molecule has 0 aliphatic rings. The summed E-state index contributed by atoms with van der Waals surface area (Å²) in [4.78, 5) is 26.0. The molecule has 0 unspecified atom stereocenters. The van der Waals surface area contributed by atoms with E-state index in [9.17, 15) is 14.0 Å². The number of fused-ring (bicyclic) bond motifs is 3. The number of hydrogen-bond donors (Lipinski definition) is 1. The van der Waals surface area contributed by atoms with Crippen molar-refractivity contribution in [3.8, 4) is 0 Å². The Bertz CT molecular complexity index is 1570. The molecule has 0 bridgehead atoms. The number of carbonyl (C=O) groups is 1. The van der Waals surface area contributed by atoms with Crippen LogP contribution in [-0.2, 0) is 24.4 Å². The Labute approximate surface area is 199 Å². The molecule has 0 spiro atoms. The molecule has 5 aromatic rings. The van der Waals surface area contributed by atoms with Gasteiger partial charge in [0.05, 0.1) is 12.7 Å². The lowest BCUT2D eigenvalue weighted by Crippen LogP contribution is -2.33. The lowest BCUT2D eigenvalue weighted by molar-refractivity contribution is -0.122. The number of nitrogens with zero attached hydrogens (tertiary/aromatic N) is 3. The predicted octanol–water partition coefficient (Wildman–Crippen LogP) is 4.51. The van der Waals surface area contributed by atoms with Gasteiger partial charge in [0.1, 0.15) is 17.9 Å². The zero-order valence-electron chi connectivity index (χ0n) is 18.0. The van der Waals surface area contributed by atoms with Crippen molar-refractivity contribution in [1.82, 2.24) is 19.7 Å². The number of aromatic nitrogens is 3. The number of amides is 1. The van der Waals surface area contributed by atoms with Gasteiger partial charge in [0.25, 0.3) is 5.56 Å². The molecule has 0 atom stereocenters. The van der Waals surface area contributed by atoms with E-state index < -0.39 is 5.56 Å². The topological polar surface area (TPSA) is 68.9 Å². The first-order chi connectivity index (χ1) is 16.5. The molecule has 0 saturated carbocycles. The maximum Gasteiger partial charge on any atom is 0.291 e. The molecule has 170 valence electrons. The summed E-state index contributed by atoms with van der Waals surface area (Å²) in [5, 5.41) is 9.15. The Morgan fingerprint density at radius 3 is 2.50 bits per heavy atom. The minimum absolute atomic E-state index is 0.179. The van der Waals surface area contributed by atoms with E-state index in [2.05, 4.69) is 10.4 Å². The first-order valence-electron chi connectivity index (χ1n) is 10.7. The van der Waals surface area contributed by atoms with E-state index in [1.807, 2.05) is 36.4 Å². The highest BCUT2D eigenvalue weighted by Gasteiger charge is 2.18. The van der Waals surface area contributed by atoms with Crippen LogP contribution in [0, 0.1) is 5.82 Å². The minimum Gasteiger partial charge on any atom is -0.350 e. The van der Waals surface area contributed by atoms with Gasteiger partial charge in [0.2, 0.25) is 5.91 Å². The van der Waals surface area contributed by atoms with Crippen LogP contribution >= 0.6 is 11.6 Å². The van der Waals surface area contributed by atoms with E-state index in [0.29, 0.717) is 28.0 Å². The second-order valence-electron chi connectivity index (χ2n) is 7.97. The number of nitrogens with one attached hydrogen (secondary N) is 1.